The molecule has 0 saturated carbocycles. The summed E-state index contributed by atoms with van der Waals surface area (Å²) < 4.78 is 0. The zero-order valence-electron chi connectivity index (χ0n) is 2.41. The fourth-order valence-electron chi connectivity index (χ4n) is 0. The number of halogens is 4. The Hall–Kier alpha value is 1.82. The molecule has 0 amide bonds. The van der Waals surface area contributed by atoms with E-state index in [1.54, 1.807) is 0 Å². The second kappa shape index (κ2) is 15.8. The van der Waals surface area contributed by atoms with Crippen LogP contribution in [-0.2, 0) is 15.9 Å². The average molecular weight is 261 g/mol. The Morgan fingerprint density at radius 3 is 1.17 bits per heavy atom. The van der Waals surface area contributed by atoms with E-state index in [2.05, 4.69) is 23.2 Å². The van der Waals surface area contributed by atoms with Crippen LogP contribution in [0.5, 0.6) is 0 Å². The maximum atomic E-state index is 4.81. The third-order valence-electron chi connectivity index (χ3n) is 0. The molecule has 0 nitrogen and oxygen atoms in total. The van der Waals surface area contributed by atoms with Crippen LogP contribution in [0.2, 0.25) is 0 Å². The average Bonchev–Trinajstić information content (AvgIpc) is 1.39. The Balaban J connectivity index is 0. The van der Waals surface area contributed by atoms with Crippen molar-refractivity contribution in [3.05, 3.63) is 5.34 Å². The summed E-state index contributed by atoms with van der Waals surface area (Å²) in [5.41, 5.74) is 0. The van der Waals surface area contributed by atoms with Crippen molar-refractivity contribution in [2.45, 2.75) is 0 Å². The van der Waals surface area contributed by atoms with Crippen molar-refractivity contribution >= 4 is 42.3 Å². The first kappa shape index (κ1) is 10.7. The SMILES string of the molecule is Cl[CH-]Cl.[Cl][Pd][Cl]. The van der Waals surface area contributed by atoms with Crippen LogP contribution in [0.3, 0.4) is 0 Å². The van der Waals surface area contributed by atoms with Crippen molar-refractivity contribution in [1.82, 2.24) is 0 Å². The summed E-state index contributed by atoms with van der Waals surface area (Å²) in [6, 6.07) is 0. The molecule has 0 aliphatic rings. The monoisotopic (exact) mass is 259 g/mol. The van der Waals surface area contributed by atoms with Gasteiger partial charge in [0.05, 0.1) is 0 Å². The summed E-state index contributed by atoms with van der Waals surface area (Å²) in [7, 11) is 9.63. The van der Waals surface area contributed by atoms with Gasteiger partial charge in [0.2, 0.25) is 0 Å². The first-order chi connectivity index (χ1) is 2.83. The quantitative estimate of drug-likeness (QED) is 0.464. The van der Waals surface area contributed by atoms with Gasteiger partial charge in [0.1, 0.15) is 0 Å². The Morgan fingerprint density at radius 2 is 1.17 bits per heavy atom. The molecule has 5 heteroatoms. The second-order valence-electron chi connectivity index (χ2n) is 0.128. The van der Waals surface area contributed by atoms with Crippen LogP contribution in [0.15, 0.2) is 0 Å². The van der Waals surface area contributed by atoms with Crippen molar-refractivity contribution < 1.29 is 15.9 Å². The molecule has 0 N–H and O–H groups in total. The van der Waals surface area contributed by atoms with E-state index in [9.17, 15) is 0 Å². The van der Waals surface area contributed by atoms with Crippen molar-refractivity contribution in [1.29, 1.82) is 0 Å². The van der Waals surface area contributed by atoms with Gasteiger partial charge in [0, 0.05) is 0 Å². The predicted molar refractivity (Wildman–Crippen MR) is 27.7 cm³/mol. The van der Waals surface area contributed by atoms with Gasteiger partial charge in [-0.3, -0.25) is 0 Å². The van der Waals surface area contributed by atoms with E-state index in [0.29, 0.717) is 0 Å². The third kappa shape index (κ3) is 40.8. The van der Waals surface area contributed by atoms with Crippen LogP contribution in [-0.4, -0.2) is 0 Å². The molecular weight excluding hydrogens is 260 g/mol. The second-order valence-corrected chi connectivity index (χ2v) is 3.15. The molecule has 0 radical (unpaired) electrons. The van der Waals surface area contributed by atoms with E-state index in [0.717, 1.165) is 5.34 Å². The molecule has 0 aromatic rings. The van der Waals surface area contributed by atoms with Crippen LogP contribution in [0, 0.1) is 5.34 Å². The van der Waals surface area contributed by atoms with E-state index in [-0.39, 0.29) is 15.9 Å². The van der Waals surface area contributed by atoms with E-state index in [4.69, 9.17) is 19.1 Å². The van der Waals surface area contributed by atoms with Gasteiger partial charge in [-0.25, -0.2) is 0 Å². The minimum absolute atomic E-state index is 0.106. The Morgan fingerprint density at radius 1 is 1.17 bits per heavy atom. The van der Waals surface area contributed by atoms with Gasteiger partial charge >= 0.3 is 35.0 Å². The molecule has 44 valence electrons. The normalized spacial score (nSPS) is 6.67. The summed E-state index contributed by atoms with van der Waals surface area (Å²) in [5.74, 6) is 0. The molecule has 0 spiro atoms. The topological polar surface area (TPSA) is 0 Å². The van der Waals surface area contributed by atoms with Gasteiger partial charge in [0.15, 0.2) is 0 Å². The van der Waals surface area contributed by atoms with Crippen LogP contribution in [0.25, 0.3) is 0 Å². The molecule has 0 bridgehead atoms. The first-order valence-electron chi connectivity index (χ1n) is 0.675. The van der Waals surface area contributed by atoms with Crippen molar-refractivity contribution in [2.24, 2.45) is 0 Å². The predicted octanol–water partition coefficient (Wildman–Crippen LogP) is 2.96. The summed E-state index contributed by atoms with van der Waals surface area (Å²) in [5, 5.41) is 0.944. The first-order valence-corrected chi connectivity index (χ1v) is 5.55. The fraction of sp³-hybridized carbons (Fsp3) is 0. The van der Waals surface area contributed by atoms with Crippen molar-refractivity contribution in [3.63, 3.8) is 0 Å². The van der Waals surface area contributed by atoms with Crippen molar-refractivity contribution in [2.75, 3.05) is 0 Å². The molecular formula is CHCl4Pd-. The number of hydrogen-bond donors (Lipinski definition) is 0. The molecule has 0 atom stereocenters. The van der Waals surface area contributed by atoms with E-state index >= 15 is 0 Å². The Bertz CT molecular complexity index is 9.51. The standard InChI is InChI=1S/CHCl2.2ClH.Pd/c2-1-3;;;/h1H;2*1H;/q-1;;;+2/p-2. The van der Waals surface area contributed by atoms with Crippen LogP contribution < -0.4 is 0 Å². The third-order valence-corrected chi connectivity index (χ3v) is 0. The van der Waals surface area contributed by atoms with Gasteiger partial charge in [-0.1, -0.05) is 0 Å². The van der Waals surface area contributed by atoms with Crippen LogP contribution in [0.4, 0.5) is 0 Å². The fourth-order valence-corrected chi connectivity index (χ4v) is 0. The number of hydrogen-bond acceptors (Lipinski definition) is 0. The molecule has 0 aliphatic heterocycles. The molecule has 6 heavy (non-hydrogen) atoms. The zero-order valence-corrected chi connectivity index (χ0v) is 6.98. The molecule has 0 fully saturated rings. The van der Waals surface area contributed by atoms with Gasteiger partial charge in [-0.15, -0.1) is 0 Å². The van der Waals surface area contributed by atoms with E-state index in [1.807, 2.05) is 0 Å². The van der Waals surface area contributed by atoms with Gasteiger partial charge in [-0.05, 0) is 0 Å². The molecule has 0 aliphatic carbocycles. The summed E-state index contributed by atoms with van der Waals surface area (Å²) >= 11 is 9.17. The Kier molecular flexibility index (Phi) is 28.3. The van der Waals surface area contributed by atoms with E-state index < -0.39 is 0 Å². The molecule has 0 saturated heterocycles. The Labute approximate surface area is 63.2 Å². The van der Waals surface area contributed by atoms with Crippen molar-refractivity contribution in [3.8, 4) is 0 Å². The molecule has 0 aromatic heterocycles. The summed E-state index contributed by atoms with van der Waals surface area (Å²) in [6.45, 7) is 0. The van der Waals surface area contributed by atoms with E-state index in [1.165, 1.54) is 0 Å². The molecule has 0 unspecified atom stereocenters. The summed E-state index contributed by atoms with van der Waals surface area (Å²) in [4.78, 5) is 0. The van der Waals surface area contributed by atoms with Gasteiger partial charge in [0.25, 0.3) is 0 Å². The maximum absolute atomic E-state index is 4.81. The molecule has 0 rings (SSSR count). The van der Waals surface area contributed by atoms with Crippen LogP contribution in [0.1, 0.15) is 0 Å². The zero-order chi connectivity index (χ0) is 5.41. The number of rotatable bonds is 0. The summed E-state index contributed by atoms with van der Waals surface area (Å²) in [6.07, 6.45) is 0. The van der Waals surface area contributed by atoms with Crippen LogP contribution >= 0.6 is 42.3 Å². The van der Waals surface area contributed by atoms with Gasteiger partial charge in [-0.2, -0.15) is 5.34 Å². The molecule has 0 aromatic carbocycles. The van der Waals surface area contributed by atoms with Gasteiger partial charge < -0.3 is 23.2 Å². The minimum atomic E-state index is -0.106. The molecule has 0 heterocycles.